The Morgan fingerprint density at radius 3 is 2.93 bits per heavy atom. The number of nitrogens with zero attached hydrogens (tertiary/aromatic N) is 3. The number of carbonyl (C=O) groups excluding carboxylic acids is 1. The van der Waals surface area contributed by atoms with Gasteiger partial charge in [0.25, 0.3) is 0 Å². The number of hydrogen-bond donors (Lipinski definition) is 1. The molecule has 27 heavy (non-hydrogen) atoms. The third-order valence-electron chi connectivity index (χ3n) is 4.80. The first-order valence-corrected chi connectivity index (χ1v) is 10.0. The molecule has 3 heterocycles. The van der Waals surface area contributed by atoms with Crippen molar-refractivity contribution in [2.45, 2.75) is 33.2 Å². The molecular formula is C20H25N3O3S. The van der Waals surface area contributed by atoms with Gasteiger partial charge in [-0.2, -0.15) is 0 Å². The van der Waals surface area contributed by atoms with Gasteiger partial charge in [-0.3, -0.25) is 9.69 Å². The first-order valence-electron chi connectivity index (χ1n) is 9.16. The number of aromatic nitrogens is 1. The van der Waals surface area contributed by atoms with Crippen LogP contribution in [0.2, 0.25) is 0 Å². The van der Waals surface area contributed by atoms with Crippen molar-refractivity contribution in [2.75, 3.05) is 32.8 Å². The highest BCUT2D eigenvalue weighted by Crippen LogP contribution is 2.18. The molecule has 2 aromatic rings. The number of carbonyl (C=O) groups is 1. The lowest BCUT2D eigenvalue weighted by molar-refractivity contribution is -0.130. The number of aryl methyl sites for hydroxylation is 2. The monoisotopic (exact) mass is 387 g/mol. The van der Waals surface area contributed by atoms with Gasteiger partial charge in [0.05, 0.1) is 12.1 Å². The Kier molecular flexibility index (Phi) is 6.67. The Balaban J connectivity index is 1.54. The Hall–Kier alpha value is -2.14. The summed E-state index contributed by atoms with van der Waals surface area (Å²) in [6, 6.07) is 2.08. The lowest BCUT2D eigenvalue weighted by Gasteiger charge is -2.21. The number of thiophene rings is 1. The fraction of sp³-hybridized carbons (Fsp3) is 0.500. The van der Waals surface area contributed by atoms with Gasteiger partial charge in [-0.15, -0.1) is 11.3 Å². The van der Waals surface area contributed by atoms with Gasteiger partial charge < -0.3 is 14.5 Å². The highest BCUT2D eigenvalue weighted by Gasteiger charge is 2.22. The molecule has 0 unspecified atom stereocenters. The fourth-order valence-electron chi connectivity index (χ4n) is 3.29. The lowest BCUT2D eigenvalue weighted by Crippen LogP contribution is -2.36. The van der Waals surface area contributed by atoms with Crippen LogP contribution in [0.15, 0.2) is 16.0 Å². The summed E-state index contributed by atoms with van der Waals surface area (Å²) in [7, 11) is 0. The Labute approximate surface area is 163 Å². The second-order valence-electron chi connectivity index (χ2n) is 6.75. The maximum atomic E-state index is 12.7. The van der Waals surface area contributed by atoms with Gasteiger partial charge >= 0.3 is 0 Å². The Morgan fingerprint density at radius 1 is 1.33 bits per heavy atom. The zero-order valence-electron chi connectivity index (χ0n) is 15.8. The van der Waals surface area contributed by atoms with E-state index < -0.39 is 0 Å². The predicted octanol–water partition coefficient (Wildman–Crippen LogP) is 1.97. The van der Waals surface area contributed by atoms with Crippen LogP contribution in [-0.2, 0) is 17.8 Å². The van der Waals surface area contributed by atoms with Gasteiger partial charge in [-0.05, 0) is 26.3 Å². The van der Waals surface area contributed by atoms with Crippen molar-refractivity contribution in [3.8, 4) is 11.8 Å². The van der Waals surface area contributed by atoms with Crippen LogP contribution in [0.4, 0.5) is 0 Å². The van der Waals surface area contributed by atoms with Crippen molar-refractivity contribution in [3.63, 3.8) is 0 Å². The third-order valence-corrected chi connectivity index (χ3v) is 5.72. The average molecular weight is 388 g/mol. The van der Waals surface area contributed by atoms with Crippen LogP contribution in [0.25, 0.3) is 0 Å². The molecule has 1 amide bonds. The first kappa shape index (κ1) is 19.6. The molecule has 0 spiro atoms. The molecule has 1 saturated heterocycles. The first-order chi connectivity index (χ1) is 13.1. The van der Waals surface area contributed by atoms with Gasteiger partial charge in [-0.1, -0.05) is 17.0 Å². The lowest BCUT2D eigenvalue weighted by atomic mass is 10.1. The molecule has 1 N–H and O–H groups in total. The smallest absolute Gasteiger partial charge is 0.227 e. The predicted molar refractivity (Wildman–Crippen MR) is 104 cm³/mol. The van der Waals surface area contributed by atoms with E-state index in [2.05, 4.69) is 28.0 Å². The summed E-state index contributed by atoms with van der Waals surface area (Å²) < 4.78 is 5.17. The molecule has 1 aliphatic heterocycles. The molecule has 144 valence electrons. The summed E-state index contributed by atoms with van der Waals surface area (Å²) in [4.78, 5) is 18.3. The highest BCUT2D eigenvalue weighted by molar-refractivity contribution is 7.10. The maximum absolute atomic E-state index is 12.7. The molecule has 0 bridgehead atoms. The van der Waals surface area contributed by atoms with Crippen molar-refractivity contribution in [1.29, 1.82) is 0 Å². The van der Waals surface area contributed by atoms with Gasteiger partial charge in [0, 0.05) is 54.1 Å². The van der Waals surface area contributed by atoms with Gasteiger partial charge in [0.2, 0.25) is 5.91 Å². The van der Waals surface area contributed by atoms with Gasteiger partial charge in [0.15, 0.2) is 0 Å². The van der Waals surface area contributed by atoms with Crippen LogP contribution in [-0.4, -0.2) is 58.8 Å². The molecule has 6 nitrogen and oxygen atoms in total. The molecule has 1 fully saturated rings. The van der Waals surface area contributed by atoms with E-state index in [0.29, 0.717) is 6.42 Å². The molecule has 0 saturated carbocycles. The Bertz CT molecular complexity index is 827. The van der Waals surface area contributed by atoms with Crippen molar-refractivity contribution >= 4 is 17.2 Å². The minimum Gasteiger partial charge on any atom is -0.384 e. The number of rotatable bonds is 4. The van der Waals surface area contributed by atoms with E-state index in [1.807, 2.05) is 24.1 Å². The van der Waals surface area contributed by atoms with E-state index in [0.717, 1.165) is 61.7 Å². The topological polar surface area (TPSA) is 69.8 Å². The average Bonchev–Trinajstić information content (AvgIpc) is 3.13. The van der Waals surface area contributed by atoms with Crippen molar-refractivity contribution in [1.82, 2.24) is 15.0 Å². The SMILES string of the molecule is Cc1noc(C)c1CC(=O)N1CCCN(Cc2cc(C#CCO)cs2)CC1. The van der Waals surface area contributed by atoms with Crippen LogP contribution in [0.5, 0.6) is 0 Å². The Morgan fingerprint density at radius 2 is 2.19 bits per heavy atom. The van der Waals surface area contributed by atoms with Crippen molar-refractivity contribution in [3.05, 3.63) is 38.9 Å². The van der Waals surface area contributed by atoms with Gasteiger partial charge in [0.1, 0.15) is 12.4 Å². The van der Waals surface area contributed by atoms with Crippen LogP contribution < -0.4 is 0 Å². The summed E-state index contributed by atoms with van der Waals surface area (Å²) in [6.45, 7) is 7.86. The largest absolute Gasteiger partial charge is 0.384 e. The van der Waals surface area contributed by atoms with E-state index >= 15 is 0 Å². The second-order valence-corrected chi connectivity index (χ2v) is 7.75. The number of amides is 1. The summed E-state index contributed by atoms with van der Waals surface area (Å²) in [5.41, 5.74) is 2.67. The molecule has 3 rings (SSSR count). The van der Waals surface area contributed by atoms with E-state index in [9.17, 15) is 4.79 Å². The zero-order valence-corrected chi connectivity index (χ0v) is 16.6. The second kappa shape index (κ2) is 9.18. The molecule has 2 aromatic heterocycles. The van der Waals surface area contributed by atoms with Crippen LogP contribution in [0.3, 0.4) is 0 Å². The zero-order chi connectivity index (χ0) is 19.2. The standard InChI is InChI=1S/C20H25N3O3S/c1-15-19(16(2)26-21-15)12-20(25)23-7-4-6-22(8-9-23)13-18-11-17(14-27-18)5-3-10-24/h11,14,24H,4,6-10,12-13H2,1-2H3. The third kappa shape index (κ3) is 5.19. The van der Waals surface area contributed by atoms with Crippen molar-refractivity contribution < 1.29 is 14.4 Å². The number of hydrogen-bond acceptors (Lipinski definition) is 6. The van der Waals surface area contributed by atoms with E-state index in [4.69, 9.17) is 9.63 Å². The minimum absolute atomic E-state index is 0.116. The van der Waals surface area contributed by atoms with Crippen LogP contribution in [0, 0.1) is 25.7 Å². The minimum atomic E-state index is -0.116. The quantitative estimate of drug-likeness (QED) is 0.813. The van der Waals surface area contributed by atoms with Crippen LogP contribution in [0.1, 0.15) is 33.9 Å². The molecule has 0 atom stereocenters. The van der Waals surface area contributed by atoms with E-state index in [1.54, 1.807) is 11.3 Å². The van der Waals surface area contributed by atoms with E-state index in [1.165, 1.54) is 4.88 Å². The summed E-state index contributed by atoms with van der Waals surface area (Å²) in [5.74, 6) is 6.50. The molecule has 7 heteroatoms. The number of aliphatic hydroxyl groups excluding tert-OH is 1. The molecule has 0 radical (unpaired) electrons. The molecule has 0 aliphatic carbocycles. The molecule has 1 aliphatic rings. The highest BCUT2D eigenvalue weighted by atomic mass is 32.1. The number of aliphatic hydroxyl groups is 1. The molecule has 0 aromatic carbocycles. The normalized spacial score (nSPS) is 15.3. The summed E-state index contributed by atoms with van der Waals surface area (Å²) >= 11 is 1.69. The van der Waals surface area contributed by atoms with E-state index in [-0.39, 0.29) is 12.5 Å². The molecular weight excluding hydrogens is 362 g/mol. The van der Waals surface area contributed by atoms with Crippen molar-refractivity contribution in [2.24, 2.45) is 0 Å². The van der Waals surface area contributed by atoms with Gasteiger partial charge in [-0.25, -0.2) is 0 Å². The summed E-state index contributed by atoms with van der Waals surface area (Å²) in [6.07, 6.45) is 1.33. The summed E-state index contributed by atoms with van der Waals surface area (Å²) in [5, 5.41) is 14.7. The fourth-order valence-corrected chi connectivity index (χ4v) is 4.14. The maximum Gasteiger partial charge on any atom is 0.227 e. The van der Waals surface area contributed by atoms with Crippen LogP contribution >= 0.6 is 11.3 Å².